The average molecular weight is 298 g/mol. The van der Waals surface area contributed by atoms with Gasteiger partial charge in [0.2, 0.25) is 0 Å². The van der Waals surface area contributed by atoms with Crippen LogP contribution in [0.3, 0.4) is 0 Å². The Kier molecular flexibility index (Phi) is 3.65. The van der Waals surface area contributed by atoms with Crippen molar-refractivity contribution in [3.63, 3.8) is 0 Å². The van der Waals surface area contributed by atoms with Gasteiger partial charge < -0.3 is 20.1 Å². The van der Waals surface area contributed by atoms with Crippen LogP contribution in [0, 0.1) is 0 Å². The van der Waals surface area contributed by atoms with Gasteiger partial charge in [-0.25, -0.2) is 0 Å². The molecule has 112 valence electrons. The van der Waals surface area contributed by atoms with Crippen molar-refractivity contribution in [3.8, 4) is 11.5 Å². The molecule has 0 bridgehead atoms. The van der Waals surface area contributed by atoms with Gasteiger partial charge in [-0.15, -0.1) is 0 Å². The second-order valence-corrected chi connectivity index (χ2v) is 4.71. The van der Waals surface area contributed by atoms with Crippen molar-refractivity contribution in [2.45, 2.75) is 0 Å². The van der Waals surface area contributed by atoms with E-state index in [0.717, 1.165) is 0 Å². The minimum atomic E-state index is -0.318. The quantitative estimate of drug-likeness (QED) is 0.911. The van der Waals surface area contributed by atoms with Crippen LogP contribution >= 0.6 is 0 Å². The van der Waals surface area contributed by atoms with Gasteiger partial charge in [0.05, 0.1) is 18.4 Å². The predicted octanol–water partition coefficient (Wildman–Crippen LogP) is 2.28. The second kappa shape index (κ2) is 5.77. The van der Waals surface area contributed by atoms with Gasteiger partial charge in [0.25, 0.3) is 11.8 Å². The van der Waals surface area contributed by atoms with Gasteiger partial charge >= 0.3 is 0 Å². The lowest BCUT2D eigenvalue weighted by atomic mass is 10.1. The fourth-order valence-electron chi connectivity index (χ4n) is 2.19. The molecule has 0 radical (unpaired) electrons. The number of carbonyl (C=O) groups is 2. The van der Waals surface area contributed by atoms with Crippen molar-refractivity contribution in [2.75, 3.05) is 24.4 Å². The molecule has 6 heteroatoms. The van der Waals surface area contributed by atoms with Crippen LogP contribution in [0.5, 0.6) is 11.5 Å². The maximum absolute atomic E-state index is 12.4. The maximum atomic E-state index is 12.4. The standard InChI is InChI=1S/C16H14N2O4/c1-21-11-5-2-4-10(8-11)17-16(20)12-6-3-7-13-15(12)22-9-14(19)18-13/h2-8H,9H2,1H3,(H,17,20)(H,18,19). The fourth-order valence-corrected chi connectivity index (χ4v) is 2.19. The van der Waals surface area contributed by atoms with E-state index in [1.165, 1.54) is 0 Å². The molecule has 2 aromatic carbocycles. The Bertz CT molecular complexity index is 743. The van der Waals surface area contributed by atoms with Crippen molar-refractivity contribution in [2.24, 2.45) is 0 Å². The van der Waals surface area contributed by atoms with Gasteiger partial charge in [0, 0.05) is 11.8 Å². The molecule has 0 fully saturated rings. The van der Waals surface area contributed by atoms with E-state index >= 15 is 0 Å². The van der Waals surface area contributed by atoms with Crippen LogP contribution in [0.1, 0.15) is 10.4 Å². The third kappa shape index (κ3) is 2.71. The van der Waals surface area contributed by atoms with E-state index in [4.69, 9.17) is 9.47 Å². The van der Waals surface area contributed by atoms with Crippen LogP contribution < -0.4 is 20.1 Å². The van der Waals surface area contributed by atoms with Gasteiger partial charge in [0.15, 0.2) is 12.4 Å². The highest BCUT2D eigenvalue weighted by atomic mass is 16.5. The molecule has 22 heavy (non-hydrogen) atoms. The van der Waals surface area contributed by atoms with Gasteiger partial charge in [-0.3, -0.25) is 9.59 Å². The summed E-state index contributed by atoms with van der Waals surface area (Å²) < 4.78 is 10.5. The van der Waals surface area contributed by atoms with Crippen LogP contribution in [-0.2, 0) is 4.79 Å². The smallest absolute Gasteiger partial charge is 0.262 e. The van der Waals surface area contributed by atoms with Gasteiger partial charge in [-0.05, 0) is 24.3 Å². The van der Waals surface area contributed by atoms with E-state index in [1.807, 2.05) is 0 Å². The van der Waals surface area contributed by atoms with Crippen molar-refractivity contribution >= 4 is 23.2 Å². The first-order valence-corrected chi connectivity index (χ1v) is 6.68. The molecule has 0 saturated heterocycles. The number of amides is 2. The van der Waals surface area contributed by atoms with Crippen LogP contribution in [0.2, 0.25) is 0 Å². The molecular formula is C16H14N2O4. The minimum absolute atomic E-state index is 0.101. The molecule has 1 heterocycles. The van der Waals surface area contributed by atoms with E-state index in [0.29, 0.717) is 28.4 Å². The summed E-state index contributed by atoms with van der Waals surface area (Å²) >= 11 is 0. The van der Waals surface area contributed by atoms with Gasteiger partial charge in [-0.2, -0.15) is 0 Å². The number of rotatable bonds is 3. The number of fused-ring (bicyclic) bond motifs is 1. The lowest BCUT2D eigenvalue weighted by Crippen LogP contribution is -2.27. The van der Waals surface area contributed by atoms with E-state index in [9.17, 15) is 9.59 Å². The van der Waals surface area contributed by atoms with E-state index in [-0.39, 0.29) is 18.4 Å². The molecule has 0 saturated carbocycles. The largest absolute Gasteiger partial charge is 0.497 e. The zero-order valence-electron chi connectivity index (χ0n) is 11.9. The van der Waals surface area contributed by atoms with E-state index < -0.39 is 0 Å². The summed E-state index contributed by atoms with van der Waals surface area (Å²) in [5.41, 5.74) is 1.47. The minimum Gasteiger partial charge on any atom is -0.497 e. The summed E-state index contributed by atoms with van der Waals surface area (Å²) in [5, 5.41) is 5.46. The Morgan fingerprint density at radius 2 is 2.09 bits per heavy atom. The maximum Gasteiger partial charge on any atom is 0.262 e. The molecule has 1 aliphatic rings. The Balaban J connectivity index is 1.86. The zero-order chi connectivity index (χ0) is 15.5. The molecule has 2 amide bonds. The molecule has 0 aromatic heterocycles. The summed E-state index contributed by atoms with van der Waals surface area (Å²) in [6.45, 7) is -0.101. The number of hydrogen-bond donors (Lipinski definition) is 2. The van der Waals surface area contributed by atoms with Gasteiger partial charge in [-0.1, -0.05) is 12.1 Å². The second-order valence-electron chi connectivity index (χ2n) is 4.71. The molecule has 0 unspecified atom stereocenters. The van der Waals surface area contributed by atoms with Crippen molar-refractivity contribution < 1.29 is 19.1 Å². The lowest BCUT2D eigenvalue weighted by molar-refractivity contribution is -0.118. The van der Waals surface area contributed by atoms with Crippen molar-refractivity contribution in [1.29, 1.82) is 0 Å². The first-order valence-electron chi connectivity index (χ1n) is 6.68. The average Bonchev–Trinajstić information content (AvgIpc) is 2.54. The number of ether oxygens (including phenoxy) is 2. The Morgan fingerprint density at radius 1 is 1.27 bits per heavy atom. The molecular weight excluding hydrogens is 284 g/mol. The first-order chi connectivity index (χ1) is 10.7. The van der Waals surface area contributed by atoms with E-state index in [2.05, 4.69) is 10.6 Å². The Labute approximate surface area is 127 Å². The highest BCUT2D eigenvalue weighted by Crippen LogP contribution is 2.32. The highest BCUT2D eigenvalue weighted by molar-refractivity contribution is 6.09. The lowest BCUT2D eigenvalue weighted by Gasteiger charge is -2.20. The summed E-state index contributed by atoms with van der Waals surface area (Å²) in [6, 6.07) is 12.1. The summed E-state index contributed by atoms with van der Waals surface area (Å²) in [6.07, 6.45) is 0. The molecule has 2 N–H and O–H groups in total. The topological polar surface area (TPSA) is 76.7 Å². The van der Waals surface area contributed by atoms with Crippen LogP contribution in [-0.4, -0.2) is 25.5 Å². The number of para-hydroxylation sites is 1. The SMILES string of the molecule is COc1cccc(NC(=O)c2cccc3c2OCC(=O)N3)c1. The molecule has 6 nitrogen and oxygen atoms in total. The monoisotopic (exact) mass is 298 g/mol. The predicted molar refractivity (Wildman–Crippen MR) is 81.5 cm³/mol. The number of benzene rings is 2. The Hall–Kier alpha value is -3.02. The number of nitrogens with one attached hydrogen (secondary N) is 2. The number of methoxy groups -OCH3 is 1. The molecule has 1 aliphatic heterocycles. The third-order valence-corrected chi connectivity index (χ3v) is 3.21. The van der Waals surface area contributed by atoms with Gasteiger partial charge in [0.1, 0.15) is 5.75 Å². The van der Waals surface area contributed by atoms with Crippen LogP contribution in [0.25, 0.3) is 0 Å². The summed E-state index contributed by atoms with van der Waals surface area (Å²) in [4.78, 5) is 23.7. The van der Waals surface area contributed by atoms with Crippen molar-refractivity contribution in [1.82, 2.24) is 0 Å². The zero-order valence-corrected chi connectivity index (χ0v) is 11.9. The van der Waals surface area contributed by atoms with Crippen LogP contribution in [0.4, 0.5) is 11.4 Å². The summed E-state index contributed by atoms with van der Waals surface area (Å²) in [7, 11) is 1.56. The highest BCUT2D eigenvalue weighted by Gasteiger charge is 2.22. The molecule has 0 aliphatic carbocycles. The normalized spacial score (nSPS) is 12.7. The van der Waals surface area contributed by atoms with Crippen molar-refractivity contribution in [3.05, 3.63) is 48.0 Å². The van der Waals surface area contributed by atoms with E-state index in [1.54, 1.807) is 49.6 Å². The molecule has 0 atom stereocenters. The van der Waals surface area contributed by atoms with Crippen LogP contribution in [0.15, 0.2) is 42.5 Å². The summed E-state index contributed by atoms with van der Waals surface area (Å²) in [5.74, 6) is 0.470. The molecule has 2 aromatic rings. The fraction of sp³-hybridized carbons (Fsp3) is 0.125. The number of hydrogen-bond acceptors (Lipinski definition) is 4. The third-order valence-electron chi connectivity index (χ3n) is 3.21. The number of carbonyl (C=O) groups excluding carboxylic acids is 2. The molecule has 3 rings (SSSR count). The molecule has 0 spiro atoms. The number of anilines is 2. The first kappa shape index (κ1) is 13.9. The Morgan fingerprint density at radius 3 is 2.91 bits per heavy atom.